The fourth-order valence-electron chi connectivity index (χ4n) is 10.9. The van der Waals surface area contributed by atoms with Crippen LogP contribution in [0.2, 0.25) is 0 Å². The van der Waals surface area contributed by atoms with Crippen LogP contribution in [0.4, 0.5) is 0 Å². The van der Waals surface area contributed by atoms with E-state index in [0.717, 1.165) is 38.5 Å². The third kappa shape index (κ3) is 46.7. The van der Waals surface area contributed by atoms with Gasteiger partial charge in [-0.2, -0.15) is 0 Å². The number of unbranched alkanes of at least 4 members (excludes halogenated alkanes) is 45. The summed E-state index contributed by atoms with van der Waals surface area (Å²) in [7, 11) is 0. The molecule has 1 saturated heterocycles. The molecule has 0 bridgehead atoms. The SMILES string of the molecule is CCCCCCCCCC/C=C\CCCCCCCCCCCCCCCCCCCCCCCCCCCCCC(=O)NC(COC1OC(CO)C(O)C(O)C1O)C(O)/C=C/CC/C=C/CCCCCCCCCCC. The number of rotatable bonds is 59. The lowest BCUT2D eigenvalue weighted by Crippen LogP contribution is -2.60. The topological polar surface area (TPSA) is 149 Å². The maximum atomic E-state index is 13.1. The predicted octanol–water partition coefficient (Wildman–Crippen LogP) is 17.9. The van der Waals surface area contributed by atoms with Crippen molar-refractivity contribution < 1.29 is 39.8 Å². The fraction of sp³-hybridized carbons (Fsp3) is 0.897. The Morgan fingerprint density at radius 1 is 0.429 bits per heavy atom. The molecule has 9 heteroatoms. The lowest BCUT2D eigenvalue weighted by atomic mass is 9.99. The Hall–Kier alpha value is -1.59. The van der Waals surface area contributed by atoms with Gasteiger partial charge in [0.2, 0.25) is 5.91 Å². The molecule has 0 saturated carbocycles. The summed E-state index contributed by atoms with van der Waals surface area (Å²) in [6, 6.07) is -0.819. The third-order valence-electron chi connectivity index (χ3n) is 16.2. The molecule has 0 aromatic carbocycles. The summed E-state index contributed by atoms with van der Waals surface area (Å²) < 4.78 is 11.3. The molecule has 6 N–H and O–H groups in total. The second-order valence-electron chi connectivity index (χ2n) is 23.6. The highest BCUT2D eigenvalue weighted by Crippen LogP contribution is 2.23. The van der Waals surface area contributed by atoms with E-state index in [1.54, 1.807) is 6.08 Å². The fourth-order valence-corrected chi connectivity index (χ4v) is 10.9. The minimum atomic E-state index is -1.57. The zero-order valence-corrected chi connectivity index (χ0v) is 50.7. The number of amides is 1. The van der Waals surface area contributed by atoms with Crippen LogP contribution in [-0.2, 0) is 14.3 Å². The molecule has 7 atom stereocenters. The van der Waals surface area contributed by atoms with Crippen molar-refractivity contribution in [2.24, 2.45) is 0 Å². The van der Waals surface area contributed by atoms with Gasteiger partial charge in [0.15, 0.2) is 6.29 Å². The van der Waals surface area contributed by atoms with Crippen molar-refractivity contribution in [2.75, 3.05) is 13.2 Å². The standard InChI is InChI=1S/C68H129NO8/c1-3-5-7-9-11-13-15-17-19-20-21-22-23-24-25-26-27-28-29-30-31-32-33-34-35-36-37-38-39-40-41-42-44-46-48-50-52-54-56-58-64(72)69-61(60-76-68-67(75)66(74)65(73)63(59-70)77-68)62(71)57-55-53-51-49-47-45-43-18-16-14-12-10-8-6-4-2/h20-21,47,49,55,57,61-63,65-68,70-71,73-75H,3-19,22-46,48,50-54,56,58-60H2,1-2H3,(H,69,72)/b21-20-,49-47+,57-55+. The molecule has 454 valence electrons. The van der Waals surface area contributed by atoms with Gasteiger partial charge in [-0.3, -0.25) is 4.79 Å². The van der Waals surface area contributed by atoms with E-state index in [-0.39, 0.29) is 12.5 Å². The van der Waals surface area contributed by atoms with Gasteiger partial charge in [-0.25, -0.2) is 0 Å². The summed E-state index contributed by atoms with van der Waals surface area (Å²) in [5.74, 6) is -0.181. The van der Waals surface area contributed by atoms with Crippen molar-refractivity contribution in [2.45, 2.75) is 378 Å². The number of aliphatic hydroxyl groups is 5. The maximum absolute atomic E-state index is 13.1. The number of ether oxygens (including phenoxy) is 2. The number of carbonyl (C=O) groups excluding carboxylic acids is 1. The van der Waals surface area contributed by atoms with Crippen LogP contribution in [0.1, 0.15) is 335 Å². The van der Waals surface area contributed by atoms with Crippen molar-refractivity contribution in [1.82, 2.24) is 5.32 Å². The van der Waals surface area contributed by atoms with Gasteiger partial charge in [0.05, 0.1) is 25.4 Å². The normalized spacial score (nSPS) is 18.9. The number of allylic oxidation sites excluding steroid dienone is 5. The minimum Gasteiger partial charge on any atom is -0.394 e. The summed E-state index contributed by atoms with van der Waals surface area (Å²) in [5.41, 5.74) is 0. The molecule has 1 aliphatic rings. The molecular weight excluding hydrogens is 959 g/mol. The summed E-state index contributed by atoms with van der Waals surface area (Å²) >= 11 is 0. The van der Waals surface area contributed by atoms with E-state index in [1.807, 2.05) is 6.08 Å². The van der Waals surface area contributed by atoms with Crippen LogP contribution in [0.5, 0.6) is 0 Å². The van der Waals surface area contributed by atoms with Gasteiger partial charge >= 0.3 is 0 Å². The van der Waals surface area contributed by atoms with Crippen molar-refractivity contribution in [1.29, 1.82) is 0 Å². The summed E-state index contributed by atoms with van der Waals surface area (Å²) in [6.45, 7) is 3.79. The Labute approximate surface area is 476 Å². The monoisotopic (exact) mass is 1090 g/mol. The van der Waals surface area contributed by atoms with Crippen molar-refractivity contribution >= 4 is 5.91 Å². The van der Waals surface area contributed by atoms with Crippen molar-refractivity contribution in [3.05, 3.63) is 36.5 Å². The van der Waals surface area contributed by atoms with Gasteiger partial charge in [-0.15, -0.1) is 0 Å². The van der Waals surface area contributed by atoms with Gasteiger partial charge < -0.3 is 40.3 Å². The molecule has 1 rings (SSSR count). The molecule has 0 aromatic rings. The second kappa shape index (κ2) is 57.6. The van der Waals surface area contributed by atoms with E-state index >= 15 is 0 Å². The van der Waals surface area contributed by atoms with Gasteiger partial charge in [0.1, 0.15) is 24.4 Å². The minimum absolute atomic E-state index is 0.181. The van der Waals surface area contributed by atoms with E-state index in [2.05, 4.69) is 43.5 Å². The molecule has 1 aliphatic heterocycles. The number of hydrogen-bond acceptors (Lipinski definition) is 8. The van der Waals surface area contributed by atoms with Crippen molar-refractivity contribution in [3.63, 3.8) is 0 Å². The average Bonchev–Trinajstić information content (AvgIpc) is 3.43. The second-order valence-corrected chi connectivity index (χ2v) is 23.6. The van der Waals surface area contributed by atoms with E-state index in [1.165, 1.54) is 276 Å². The van der Waals surface area contributed by atoms with Crippen LogP contribution >= 0.6 is 0 Å². The first-order valence-electron chi connectivity index (χ1n) is 33.7. The van der Waals surface area contributed by atoms with Crippen LogP contribution in [0.3, 0.4) is 0 Å². The van der Waals surface area contributed by atoms with E-state index < -0.39 is 49.5 Å². The number of hydrogen-bond donors (Lipinski definition) is 6. The summed E-state index contributed by atoms with van der Waals surface area (Å²) in [5, 5.41) is 54.5. The average molecular weight is 1090 g/mol. The first kappa shape index (κ1) is 73.4. The van der Waals surface area contributed by atoms with Gasteiger partial charge in [0, 0.05) is 6.42 Å². The molecule has 0 radical (unpaired) electrons. The van der Waals surface area contributed by atoms with Crippen LogP contribution in [-0.4, -0.2) is 87.5 Å². The van der Waals surface area contributed by atoms with E-state index in [4.69, 9.17) is 9.47 Å². The van der Waals surface area contributed by atoms with Gasteiger partial charge in [0.25, 0.3) is 0 Å². The van der Waals surface area contributed by atoms with E-state index in [0.29, 0.717) is 6.42 Å². The largest absolute Gasteiger partial charge is 0.394 e. The van der Waals surface area contributed by atoms with Crippen LogP contribution in [0.15, 0.2) is 36.5 Å². The molecule has 0 spiro atoms. The first-order chi connectivity index (χ1) is 37.8. The molecular formula is C68H129NO8. The number of aliphatic hydroxyl groups excluding tert-OH is 5. The molecule has 77 heavy (non-hydrogen) atoms. The van der Waals surface area contributed by atoms with Crippen LogP contribution in [0.25, 0.3) is 0 Å². The third-order valence-corrected chi connectivity index (χ3v) is 16.2. The van der Waals surface area contributed by atoms with Crippen LogP contribution < -0.4 is 5.32 Å². The Morgan fingerprint density at radius 3 is 1.09 bits per heavy atom. The molecule has 9 nitrogen and oxygen atoms in total. The van der Waals surface area contributed by atoms with Crippen LogP contribution in [0, 0.1) is 0 Å². The molecule has 1 amide bonds. The van der Waals surface area contributed by atoms with Gasteiger partial charge in [-0.1, -0.05) is 307 Å². The van der Waals surface area contributed by atoms with Crippen molar-refractivity contribution in [3.8, 4) is 0 Å². The quantitative estimate of drug-likeness (QED) is 0.0261. The number of nitrogens with one attached hydrogen (secondary N) is 1. The zero-order valence-electron chi connectivity index (χ0n) is 50.7. The summed E-state index contributed by atoms with van der Waals surface area (Å²) in [4.78, 5) is 13.1. The smallest absolute Gasteiger partial charge is 0.220 e. The number of carbonyl (C=O) groups is 1. The van der Waals surface area contributed by atoms with Gasteiger partial charge in [-0.05, 0) is 57.8 Å². The molecule has 0 aliphatic carbocycles. The lowest BCUT2D eigenvalue weighted by Gasteiger charge is -2.40. The Bertz CT molecular complexity index is 1310. The molecule has 0 aromatic heterocycles. The highest BCUT2D eigenvalue weighted by molar-refractivity contribution is 5.76. The Balaban J connectivity index is 2.04. The summed E-state index contributed by atoms with van der Waals surface area (Å²) in [6.07, 6.45) is 69.9. The maximum Gasteiger partial charge on any atom is 0.220 e. The van der Waals surface area contributed by atoms with E-state index in [9.17, 15) is 30.3 Å². The zero-order chi connectivity index (χ0) is 55.8. The molecule has 1 heterocycles. The highest BCUT2D eigenvalue weighted by atomic mass is 16.7. The Morgan fingerprint density at radius 2 is 0.740 bits per heavy atom. The lowest BCUT2D eigenvalue weighted by molar-refractivity contribution is -0.302. The highest BCUT2D eigenvalue weighted by Gasteiger charge is 2.44. The Kier molecular flexibility index (Phi) is 55.0. The first-order valence-corrected chi connectivity index (χ1v) is 33.7. The molecule has 1 fully saturated rings. The molecule has 7 unspecified atom stereocenters. The predicted molar refractivity (Wildman–Crippen MR) is 327 cm³/mol.